The number of carbonyl (C=O) groups is 1. The van der Waals surface area contributed by atoms with E-state index in [4.69, 9.17) is 0 Å². The molecule has 0 aromatic rings. The van der Waals surface area contributed by atoms with Crippen LogP contribution in [0.1, 0.15) is 66.7 Å². The van der Waals surface area contributed by atoms with Crippen molar-refractivity contribution in [3.05, 3.63) is 0 Å². The van der Waals surface area contributed by atoms with E-state index >= 15 is 0 Å². The maximum Gasteiger partial charge on any atom is 0.220 e. The first-order valence-corrected chi connectivity index (χ1v) is 6.97. The van der Waals surface area contributed by atoms with E-state index in [9.17, 15) is 4.79 Å². The van der Waals surface area contributed by atoms with Gasteiger partial charge in [0.05, 0.1) is 0 Å². The summed E-state index contributed by atoms with van der Waals surface area (Å²) in [5, 5.41) is 3.29. The van der Waals surface area contributed by atoms with Gasteiger partial charge in [0.1, 0.15) is 0 Å². The zero-order chi connectivity index (χ0) is 12.9. The Morgan fingerprint density at radius 1 is 1.24 bits per heavy atom. The molecule has 0 unspecified atom stereocenters. The van der Waals surface area contributed by atoms with E-state index < -0.39 is 0 Å². The summed E-state index contributed by atoms with van der Waals surface area (Å²) < 4.78 is 0. The molecule has 1 aliphatic heterocycles. The van der Waals surface area contributed by atoms with Crippen LogP contribution in [-0.2, 0) is 4.79 Å². The standard InChI is InChI=1S/C15H27NO/c1-13(2,3)11-6-8-15(14(4,5)10-11)9-7-12(17)16-15/h11H,6-10H2,1-5H3,(H,16,17)/t11-,15-/m0/s1. The van der Waals surface area contributed by atoms with Crippen molar-refractivity contribution in [3.63, 3.8) is 0 Å². The SMILES string of the molecule is CC(C)(C)[C@H]1CC[C@]2(CCC(=O)N2)C(C)(C)C1. The molecule has 1 saturated carbocycles. The third-order valence-electron chi connectivity index (χ3n) is 5.35. The van der Waals surface area contributed by atoms with Crippen molar-refractivity contribution in [1.82, 2.24) is 5.32 Å². The topological polar surface area (TPSA) is 29.1 Å². The minimum Gasteiger partial charge on any atom is -0.350 e. The lowest BCUT2D eigenvalue weighted by Gasteiger charge is -2.53. The molecule has 0 aromatic carbocycles. The molecule has 0 aromatic heterocycles. The number of nitrogens with one attached hydrogen (secondary N) is 1. The summed E-state index contributed by atoms with van der Waals surface area (Å²) in [6, 6.07) is 0. The van der Waals surface area contributed by atoms with Gasteiger partial charge in [0.15, 0.2) is 0 Å². The Labute approximate surface area is 106 Å². The van der Waals surface area contributed by atoms with Crippen LogP contribution in [0.3, 0.4) is 0 Å². The van der Waals surface area contributed by atoms with Crippen molar-refractivity contribution in [2.24, 2.45) is 16.7 Å². The summed E-state index contributed by atoms with van der Waals surface area (Å²) >= 11 is 0. The van der Waals surface area contributed by atoms with Crippen molar-refractivity contribution in [2.45, 2.75) is 72.3 Å². The van der Waals surface area contributed by atoms with Gasteiger partial charge in [0, 0.05) is 12.0 Å². The number of rotatable bonds is 0. The summed E-state index contributed by atoms with van der Waals surface area (Å²) in [4.78, 5) is 11.6. The number of hydrogen-bond donors (Lipinski definition) is 1. The van der Waals surface area contributed by atoms with E-state index in [1.54, 1.807) is 0 Å². The highest BCUT2D eigenvalue weighted by atomic mass is 16.2. The fourth-order valence-corrected chi connectivity index (χ4v) is 3.83. The second-order valence-electron chi connectivity index (χ2n) is 7.82. The van der Waals surface area contributed by atoms with Gasteiger partial charge in [0.25, 0.3) is 0 Å². The Morgan fingerprint density at radius 2 is 1.88 bits per heavy atom. The van der Waals surface area contributed by atoms with Crippen molar-refractivity contribution in [2.75, 3.05) is 0 Å². The summed E-state index contributed by atoms with van der Waals surface area (Å²) in [6.45, 7) is 11.7. The van der Waals surface area contributed by atoms with Crippen LogP contribution in [0.15, 0.2) is 0 Å². The minimum absolute atomic E-state index is 0.0891. The number of amides is 1. The molecule has 0 bridgehead atoms. The molecular formula is C15H27NO. The van der Waals surface area contributed by atoms with Gasteiger partial charge in [-0.25, -0.2) is 0 Å². The van der Waals surface area contributed by atoms with E-state index in [1.165, 1.54) is 12.8 Å². The van der Waals surface area contributed by atoms with Crippen LogP contribution in [0.4, 0.5) is 0 Å². The Kier molecular flexibility index (Phi) is 2.83. The van der Waals surface area contributed by atoms with Crippen molar-refractivity contribution < 1.29 is 4.79 Å². The lowest BCUT2D eigenvalue weighted by atomic mass is 9.56. The molecule has 98 valence electrons. The first kappa shape index (κ1) is 12.9. The van der Waals surface area contributed by atoms with Crippen LogP contribution in [0.25, 0.3) is 0 Å². The normalized spacial score (nSPS) is 37.2. The van der Waals surface area contributed by atoms with E-state index in [0.29, 0.717) is 5.41 Å². The largest absolute Gasteiger partial charge is 0.350 e. The van der Waals surface area contributed by atoms with Gasteiger partial charge in [-0.3, -0.25) is 4.79 Å². The maximum atomic E-state index is 11.6. The van der Waals surface area contributed by atoms with Crippen LogP contribution in [-0.4, -0.2) is 11.4 Å². The summed E-state index contributed by atoms with van der Waals surface area (Å²) in [5.41, 5.74) is 0.711. The zero-order valence-corrected chi connectivity index (χ0v) is 12.0. The molecule has 2 rings (SSSR count). The first-order chi connectivity index (χ1) is 7.66. The van der Waals surface area contributed by atoms with Gasteiger partial charge in [0.2, 0.25) is 5.91 Å². The van der Waals surface area contributed by atoms with E-state index in [2.05, 4.69) is 39.9 Å². The quantitative estimate of drug-likeness (QED) is 0.686. The van der Waals surface area contributed by atoms with E-state index in [-0.39, 0.29) is 16.9 Å². The van der Waals surface area contributed by atoms with Crippen molar-refractivity contribution in [1.29, 1.82) is 0 Å². The molecule has 2 heteroatoms. The van der Waals surface area contributed by atoms with Crippen LogP contribution in [0, 0.1) is 16.7 Å². The Bertz CT molecular complexity index is 326. The van der Waals surface area contributed by atoms with Crippen LogP contribution in [0.2, 0.25) is 0 Å². The molecule has 0 radical (unpaired) electrons. The summed E-state index contributed by atoms with van der Waals surface area (Å²) in [6.07, 6.45) is 5.41. The Morgan fingerprint density at radius 3 is 2.29 bits per heavy atom. The molecule has 1 spiro atoms. The zero-order valence-electron chi connectivity index (χ0n) is 12.0. The van der Waals surface area contributed by atoms with Gasteiger partial charge in [-0.05, 0) is 42.4 Å². The molecule has 1 N–H and O–H groups in total. The lowest BCUT2D eigenvalue weighted by molar-refractivity contribution is -0.121. The molecule has 17 heavy (non-hydrogen) atoms. The Hall–Kier alpha value is -0.530. The fourth-order valence-electron chi connectivity index (χ4n) is 3.83. The smallest absolute Gasteiger partial charge is 0.220 e. The third-order valence-corrected chi connectivity index (χ3v) is 5.35. The molecule has 2 atom stereocenters. The molecule has 1 heterocycles. The first-order valence-electron chi connectivity index (χ1n) is 6.97. The van der Waals surface area contributed by atoms with Gasteiger partial charge in [-0.15, -0.1) is 0 Å². The highest BCUT2D eigenvalue weighted by Crippen LogP contribution is 2.53. The third kappa shape index (κ3) is 2.11. The lowest BCUT2D eigenvalue weighted by Crippen LogP contribution is -2.57. The summed E-state index contributed by atoms with van der Waals surface area (Å²) in [5.74, 6) is 1.04. The van der Waals surface area contributed by atoms with Gasteiger partial charge in [-0.2, -0.15) is 0 Å². The maximum absolute atomic E-state index is 11.6. The second-order valence-corrected chi connectivity index (χ2v) is 7.82. The number of carbonyl (C=O) groups excluding carboxylic acids is 1. The molecule has 1 saturated heterocycles. The predicted octanol–water partition coefficient (Wildman–Crippen LogP) is 3.51. The van der Waals surface area contributed by atoms with Gasteiger partial charge < -0.3 is 5.32 Å². The molecule has 1 amide bonds. The van der Waals surface area contributed by atoms with Crippen LogP contribution in [0.5, 0.6) is 0 Å². The molecule has 1 aliphatic carbocycles. The highest BCUT2D eigenvalue weighted by Gasteiger charge is 2.53. The van der Waals surface area contributed by atoms with Gasteiger partial charge >= 0.3 is 0 Å². The molecule has 2 nitrogen and oxygen atoms in total. The minimum atomic E-state index is 0.0891. The molecule has 2 fully saturated rings. The Balaban J connectivity index is 2.18. The second kappa shape index (κ2) is 3.73. The van der Waals surface area contributed by atoms with Gasteiger partial charge in [-0.1, -0.05) is 34.6 Å². The average molecular weight is 237 g/mol. The van der Waals surface area contributed by atoms with E-state index in [1.807, 2.05) is 0 Å². The van der Waals surface area contributed by atoms with Crippen LogP contribution < -0.4 is 5.32 Å². The number of hydrogen-bond acceptors (Lipinski definition) is 1. The van der Waals surface area contributed by atoms with E-state index in [0.717, 1.165) is 25.2 Å². The average Bonchev–Trinajstić information content (AvgIpc) is 2.53. The monoisotopic (exact) mass is 237 g/mol. The van der Waals surface area contributed by atoms with Crippen molar-refractivity contribution in [3.8, 4) is 0 Å². The molecular weight excluding hydrogens is 210 g/mol. The highest BCUT2D eigenvalue weighted by molar-refractivity contribution is 5.79. The fraction of sp³-hybridized carbons (Fsp3) is 0.933. The van der Waals surface area contributed by atoms with Crippen molar-refractivity contribution >= 4 is 5.91 Å². The molecule has 2 aliphatic rings. The van der Waals surface area contributed by atoms with Crippen LogP contribution >= 0.6 is 0 Å². The summed E-state index contributed by atoms with van der Waals surface area (Å²) in [7, 11) is 0. The predicted molar refractivity (Wildman–Crippen MR) is 70.7 cm³/mol.